The highest BCUT2D eigenvalue weighted by Gasteiger charge is 2.12. The molecule has 6 heteroatoms. The van der Waals surface area contributed by atoms with Crippen molar-refractivity contribution in [3.8, 4) is 0 Å². The van der Waals surface area contributed by atoms with Crippen LogP contribution in [0.1, 0.15) is 18.6 Å². The molecule has 0 aromatic carbocycles. The minimum absolute atomic E-state index is 0.0276. The smallest absolute Gasteiger partial charge is 0.246 e. The second kappa shape index (κ2) is 5.45. The van der Waals surface area contributed by atoms with E-state index in [-0.39, 0.29) is 18.4 Å². The number of amides is 1. The van der Waals surface area contributed by atoms with Gasteiger partial charge in [-0.2, -0.15) is 4.98 Å². The van der Waals surface area contributed by atoms with Gasteiger partial charge in [-0.1, -0.05) is 12.1 Å². The largest absolute Gasteiger partial charge is 0.347 e. The van der Waals surface area contributed by atoms with Crippen LogP contribution in [-0.2, 0) is 11.3 Å². The van der Waals surface area contributed by atoms with Crippen molar-refractivity contribution in [1.82, 2.24) is 20.8 Å². The van der Waals surface area contributed by atoms with Crippen LogP contribution in [0.3, 0.4) is 0 Å². The van der Waals surface area contributed by atoms with Gasteiger partial charge < -0.3 is 15.2 Å². The van der Waals surface area contributed by atoms with E-state index in [1.54, 1.807) is 6.92 Å². The maximum Gasteiger partial charge on any atom is 0.246 e. The summed E-state index contributed by atoms with van der Waals surface area (Å²) < 4.78 is 4.86. The lowest BCUT2D eigenvalue weighted by Gasteiger charge is -2.09. The third-order valence-electron chi connectivity index (χ3n) is 1.94. The minimum Gasteiger partial charge on any atom is -0.347 e. The van der Waals surface area contributed by atoms with Crippen molar-refractivity contribution >= 4 is 5.91 Å². The number of hydrogen-bond acceptors (Lipinski definition) is 5. The number of aromatic nitrogens is 2. The van der Waals surface area contributed by atoms with Crippen molar-refractivity contribution in [2.75, 3.05) is 13.6 Å². The molecule has 0 bridgehead atoms. The molecule has 84 valence electrons. The van der Waals surface area contributed by atoms with E-state index in [1.807, 2.05) is 14.0 Å². The van der Waals surface area contributed by atoms with Gasteiger partial charge in [0.25, 0.3) is 0 Å². The zero-order valence-electron chi connectivity index (χ0n) is 9.20. The second-order valence-corrected chi connectivity index (χ2v) is 3.41. The summed E-state index contributed by atoms with van der Waals surface area (Å²) in [6.45, 7) is 4.52. The quantitative estimate of drug-likeness (QED) is 0.709. The minimum atomic E-state index is -0.0704. The van der Waals surface area contributed by atoms with Crippen molar-refractivity contribution in [3.05, 3.63) is 11.7 Å². The molecule has 6 nitrogen and oxygen atoms in total. The Hall–Kier alpha value is -1.43. The number of nitrogens with zero attached hydrogens (tertiary/aromatic N) is 2. The summed E-state index contributed by atoms with van der Waals surface area (Å²) in [6, 6.07) is 0. The number of carbonyl (C=O) groups excluding carboxylic acids is 1. The van der Waals surface area contributed by atoms with Gasteiger partial charge >= 0.3 is 0 Å². The van der Waals surface area contributed by atoms with Gasteiger partial charge in [0.15, 0.2) is 5.82 Å². The maximum atomic E-state index is 11.5. The molecule has 0 fully saturated rings. The van der Waals surface area contributed by atoms with Crippen LogP contribution >= 0.6 is 0 Å². The van der Waals surface area contributed by atoms with E-state index >= 15 is 0 Å². The highest BCUT2D eigenvalue weighted by Crippen LogP contribution is 1.97. The van der Waals surface area contributed by atoms with Crippen LogP contribution in [0, 0.1) is 12.8 Å². The Bertz CT molecular complexity index is 324. The van der Waals surface area contributed by atoms with Crippen LogP contribution in [0.25, 0.3) is 0 Å². The van der Waals surface area contributed by atoms with Gasteiger partial charge in [-0.05, 0) is 14.0 Å². The number of nitrogens with one attached hydrogen (secondary N) is 2. The Morgan fingerprint density at radius 3 is 2.87 bits per heavy atom. The van der Waals surface area contributed by atoms with Crippen molar-refractivity contribution in [2.24, 2.45) is 5.92 Å². The van der Waals surface area contributed by atoms with Gasteiger partial charge in [0.1, 0.15) is 0 Å². The molecule has 1 atom stereocenters. The molecule has 1 amide bonds. The summed E-state index contributed by atoms with van der Waals surface area (Å²) in [5, 5.41) is 9.29. The van der Waals surface area contributed by atoms with Gasteiger partial charge in [0.05, 0.1) is 6.54 Å². The third kappa shape index (κ3) is 3.67. The molecule has 0 saturated carbocycles. The number of hydrogen-bond donors (Lipinski definition) is 2. The molecule has 2 N–H and O–H groups in total. The molecule has 1 aromatic rings. The Morgan fingerprint density at radius 1 is 1.60 bits per heavy atom. The van der Waals surface area contributed by atoms with Gasteiger partial charge in [0, 0.05) is 12.5 Å². The molecule has 0 aliphatic rings. The van der Waals surface area contributed by atoms with Gasteiger partial charge in [-0.15, -0.1) is 0 Å². The van der Waals surface area contributed by atoms with Crippen molar-refractivity contribution in [3.63, 3.8) is 0 Å². The Morgan fingerprint density at radius 2 is 2.33 bits per heavy atom. The fourth-order valence-electron chi connectivity index (χ4n) is 1.15. The van der Waals surface area contributed by atoms with Gasteiger partial charge in [-0.3, -0.25) is 4.79 Å². The van der Waals surface area contributed by atoms with E-state index in [9.17, 15) is 4.79 Å². The van der Waals surface area contributed by atoms with Crippen molar-refractivity contribution in [2.45, 2.75) is 20.4 Å². The molecule has 0 radical (unpaired) electrons. The van der Waals surface area contributed by atoms with Crippen molar-refractivity contribution < 1.29 is 9.32 Å². The normalized spacial score (nSPS) is 12.5. The predicted molar refractivity (Wildman–Crippen MR) is 54.0 cm³/mol. The van der Waals surface area contributed by atoms with E-state index in [2.05, 4.69) is 20.8 Å². The van der Waals surface area contributed by atoms with Crippen LogP contribution in [0.2, 0.25) is 0 Å². The average Bonchev–Trinajstić information content (AvgIpc) is 2.61. The summed E-state index contributed by atoms with van der Waals surface area (Å²) >= 11 is 0. The number of aryl methyl sites for hydroxylation is 1. The lowest BCUT2D eigenvalue weighted by molar-refractivity contribution is -0.124. The fourth-order valence-corrected chi connectivity index (χ4v) is 1.15. The molecular weight excluding hydrogens is 196 g/mol. The Kier molecular flexibility index (Phi) is 4.23. The standard InChI is InChI=1S/C9H16N4O2/c1-6(4-10-3)9(14)11-5-8-12-7(2)13-15-8/h6,10H,4-5H2,1-3H3,(H,11,14). The van der Waals surface area contributed by atoms with E-state index in [1.165, 1.54) is 0 Å². The summed E-state index contributed by atoms with van der Waals surface area (Å²) in [6.07, 6.45) is 0. The summed E-state index contributed by atoms with van der Waals surface area (Å²) in [4.78, 5) is 15.5. The summed E-state index contributed by atoms with van der Waals surface area (Å²) in [7, 11) is 1.81. The molecule has 0 aliphatic carbocycles. The topological polar surface area (TPSA) is 80.0 Å². The van der Waals surface area contributed by atoms with E-state index in [0.717, 1.165) is 0 Å². The SMILES string of the molecule is CNCC(C)C(=O)NCc1nc(C)no1. The predicted octanol–water partition coefficient (Wildman–Crippen LogP) is -0.150. The second-order valence-electron chi connectivity index (χ2n) is 3.41. The maximum absolute atomic E-state index is 11.5. The van der Waals surface area contributed by atoms with Crippen LogP contribution in [-0.4, -0.2) is 29.6 Å². The summed E-state index contributed by atoms with van der Waals surface area (Å²) in [5.41, 5.74) is 0. The highest BCUT2D eigenvalue weighted by molar-refractivity contribution is 5.78. The molecule has 1 aromatic heterocycles. The van der Waals surface area contributed by atoms with Crippen molar-refractivity contribution in [1.29, 1.82) is 0 Å². The zero-order chi connectivity index (χ0) is 11.3. The first kappa shape index (κ1) is 11.6. The number of carbonyl (C=O) groups is 1. The molecule has 0 saturated heterocycles. The first-order valence-electron chi connectivity index (χ1n) is 4.85. The molecule has 15 heavy (non-hydrogen) atoms. The average molecular weight is 212 g/mol. The summed E-state index contributed by atoms with van der Waals surface area (Å²) in [5.74, 6) is 0.902. The van der Waals surface area contributed by atoms with Gasteiger partial charge in [-0.25, -0.2) is 0 Å². The first-order chi connectivity index (χ1) is 7.13. The highest BCUT2D eigenvalue weighted by atomic mass is 16.5. The zero-order valence-corrected chi connectivity index (χ0v) is 9.20. The molecule has 1 heterocycles. The van der Waals surface area contributed by atoms with Gasteiger partial charge in [0.2, 0.25) is 11.8 Å². The van der Waals surface area contributed by atoms with Crippen LogP contribution < -0.4 is 10.6 Å². The van der Waals surface area contributed by atoms with E-state index in [0.29, 0.717) is 18.3 Å². The lowest BCUT2D eigenvalue weighted by Crippen LogP contribution is -2.33. The Labute approximate surface area is 88.4 Å². The number of rotatable bonds is 5. The third-order valence-corrected chi connectivity index (χ3v) is 1.94. The molecule has 1 unspecified atom stereocenters. The van der Waals surface area contributed by atoms with Crippen LogP contribution in [0.15, 0.2) is 4.52 Å². The van der Waals surface area contributed by atoms with E-state index < -0.39 is 0 Å². The molecule has 0 spiro atoms. The van der Waals surface area contributed by atoms with Crippen LogP contribution in [0.4, 0.5) is 0 Å². The molecule has 1 rings (SSSR count). The monoisotopic (exact) mass is 212 g/mol. The molecular formula is C9H16N4O2. The Balaban J connectivity index is 2.34. The fraction of sp³-hybridized carbons (Fsp3) is 0.667. The molecule has 0 aliphatic heterocycles. The van der Waals surface area contributed by atoms with Crippen LogP contribution in [0.5, 0.6) is 0 Å². The first-order valence-corrected chi connectivity index (χ1v) is 4.85. The van der Waals surface area contributed by atoms with E-state index in [4.69, 9.17) is 4.52 Å². The lowest BCUT2D eigenvalue weighted by atomic mass is 10.1.